The van der Waals surface area contributed by atoms with Crippen LogP contribution in [0, 0.1) is 0 Å². The molecule has 0 amide bonds. The minimum Gasteiger partial charge on any atom is -0.400 e. The largest absolute Gasteiger partial charge is 0.400 e. The summed E-state index contributed by atoms with van der Waals surface area (Å²) in [6.07, 6.45) is 4.87. The standard InChI is InChI=1S/C6H6N4/c7-4-1-2-8-6-5(4)9-3-10-6/h1-3,5H,7H2/t5-/m1/s1. The van der Waals surface area contributed by atoms with Gasteiger partial charge in [0.1, 0.15) is 6.34 Å². The molecule has 0 aromatic rings. The second kappa shape index (κ2) is 1.76. The lowest BCUT2D eigenvalue weighted by Gasteiger charge is -2.09. The SMILES string of the molecule is NC1=CC=NC2=NC=N[C@H]12. The molecule has 4 nitrogen and oxygen atoms in total. The van der Waals surface area contributed by atoms with Gasteiger partial charge in [0.25, 0.3) is 0 Å². The summed E-state index contributed by atoms with van der Waals surface area (Å²) in [5, 5.41) is 0. The number of amidine groups is 1. The first kappa shape index (κ1) is 5.34. The Kier molecular flexibility index (Phi) is 0.943. The van der Waals surface area contributed by atoms with Gasteiger partial charge in [-0.15, -0.1) is 0 Å². The van der Waals surface area contributed by atoms with Crippen LogP contribution in [0.1, 0.15) is 0 Å². The molecule has 2 aliphatic rings. The quantitative estimate of drug-likeness (QED) is 0.486. The van der Waals surface area contributed by atoms with Crippen LogP contribution in [0.2, 0.25) is 0 Å². The highest BCUT2D eigenvalue weighted by molar-refractivity contribution is 6.06. The maximum absolute atomic E-state index is 5.60. The molecule has 0 aromatic carbocycles. The summed E-state index contributed by atoms with van der Waals surface area (Å²) in [7, 11) is 0. The summed E-state index contributed by atoms with van der Waals surface area (Å²) in [6.45, 7) is 0. The number of dihydropyridines is 1. The van der Waals surface area contributed by atoms with Gasteiger partial charge in [-0.3, -0.25) is 4.99 Å². The first-order valence-electron chi connectivity index (χ1n) is 2.97. The average Bonchev–Trinajstić information content (AvgIpc) is 2.36. The molecule has 0 saturated heterocycles. The van der Waals surface area contributed by atoms with Gasteiger partial charge in [-0.05, 0) is 6.08 Å². The van der Waals surface area contributed by atoms with Crippen LogP contribution >= 0.6 is 0 Å². The fourth-order valence-electron chi connectivity index (χ4n) is 0.926. The van der Waals surface area contributed by atoms with Crippen LogP contribution < -0.4 is 5.73 Å². The highest BCUT2D eigenvalue weighted by Crippen LogP contribution is 2.11. The molecule has 50 valence electrons. The number of allylic oxidation sites excluding steroid dienone is 1. The van der Waals surface area contributed by atoms with Crippen LogP contribution in [-0.2, 0) is 0 Å². The molecule has 2 aliphatic heterocycles. The molecular weight excluding hydrogens is 128 g/mol. The van der Waals surface area contributed by atoms with E-state index in [2.05, 4.69) is 15.0 Å². The smallest absolute Gasteiger partial charge is 0.160 e. The van der Waals surface area contributed by atoms with Crippen molar-refractivity contribution < 1.29 is 0 Å². The zero-order chi connectivity index (χ0) is 6.97. The van der Waals surface area contributed by atoms with Crippen LogP contribution in [0.5, 0.6) is 0 Å². The summed E-state index contributed by atoms with van der Waals surface area (Å²) in [5.74, 6) is 0.694. The normalized spacial score (nSPS) is 27.8. The van der Waals surface area contributed by atoms with Gasteiger partial charge in [0.05, 0.1) is 0 Å². The van der Waals surface area contributed by atoms with Crippen molar-refractivity contribution in [3.05, 3.63) is 11.8 Å². The number of aliphatic imine (C=N–C) groups is 3. The third kappa shape index (κ3) is 0.586. The highest BCUT2D eigenvalue weighted by atomic mass is 15.1. The molecule has 0 unspecified atom stereocenters. The van der Waals surface area contributed by atoms with Gasteiger partial charge in [0.2, 0.25) is 0 Å². The van der Waals surface area contributed by atoms with E-state index in [1.807, 2.05) is 0 Å². The molecule has 0 aliphatic carbocycles. The van der Waals surface area contributed by atoms with Gasteiger partial charge in [-0.25, -0.2) is 9.98 Å². The fraction of sp³-hybridized carbons (Fsp3) is 0.167. The minimum atomic E-state index is -0.106. The Morgan fingerprint density at radius 1 is 1.50 bits per heavy atom. The maximum atomic E-state index is 5.60. The zero-order valence-corrected chi connectivity index (χ0v) is 5.23. The van der Waals surface area contributed by atoms with E-state index in [1.54, 1.807) is 12.3 Å². The van der Waals surface area contributed by atoms with Crippen molar-refractivity contribution in [2.24, 2.45) is 20.7 Å². The molecule has 0 saturated carbocycles. The molecule has 0 spiro atoms. The van der Waals surface area contributed by atoms with E-state index in [-0.39, 0.29) is 6.04 Å². The summed E-state index contributed by atoms with van der Waals surface area (Å²) in [6, 6.07) is -0.106. The fourth-order valence-corrected chi connectivity index (χ4v) is 0.926. The van der Waals surface area contributed by atoms with Gasteiger partial charge in [0, 0.05) is 11.9 Å². The van der Waals surface area contributed by atoms with E-state index in [0.29, 0.717) is 11.5 Å². The van der Waals surface area contributed by atoms with E-state index in [1.165, 1.54) is 6.34 Å². The molecule has 0 bridgehead atoms. The molecular formula is C6H6N4. The van der Waals surface area contributed by atoms with Gasteiger partial charge in [-0.1, -0.05) is 0 Å². The van der Waals surface area contributed by atoms with E-state index in [4.69, 9.17) is 5.73 Å². The van der Waals surface area contributed by atoms with Gasteiger partial charge >= 0.3 is 0 Å². The number of hydrogen-bond donors (Lipinski definition) is 1. The van der Waals surface area contributed by atoms with Crippen molar-refractivity contribution in [2.75, 3.05) is 0 Å². The Bertz CT molecular complexity index is 271. The van der Waals surface area contributed by atoms with Crippen LogP contribution in [0.4, 0.5) is 0 Å². The van der Waals surface area contributed by atoms with Crippen LogP contribution in [-0.4, -0.2) is 24.4 Å². The molecule has 0 aromatic heterocycles. The van der Waals surface area contributed by atoms with Crippen LogP contribution in [0.15, 0.2) is 26.8 Å². The van der Waals surface area contributed by atoms with E-state index in [0.717, 1.165) is 0 Å². The third-order valence-corrected chi connectivity index (χ3v) is 1.44. The van der Waals surface area contributed by atoms with Crippen LogP contribution in [0.25, 0.3) is 0 Å². The molecule has 10 heavy (non-hydrogen) atoms. The van der Waals surface area contributed by atoms with E-state index < -0.39 is 0 Å². The van der Waals surface area contributed by atoms with Gasteiger partial charge in [-0.2, -0.15) is 0 Å². The number of fused-ring (bicyclic) bond motifs is 1. The molecule has 2 rings (SSSR count). The summed E-state index contributed by atoms with van der Waals surface area (Å²) >= 11 is 0. The Morgan fingerprint density at radius 2 is 2.40 bits per heavy atom. The van der Waals surface area contributed by atoms with Crippen molar-refractivity contribution >= 4 is 18.4 Å². The number of hydrogen-bond acceptors (Lipinski definition) is 4. The zero-order valence-electron chi connectivity index (χ0n) is 5.23. The Balaban J connectivity index is 2.43. The predicted molar refractivity (Wildman–Crippen MR) is 40.5 cm³/mol. The number of nitrogens with zero attached hydrogens (tertiary/aromatic N) is 3. The minimum absolute atomic E-state index is 0.106. The molecule has 1 atom stereocenters. The van der Waals surface area contributed by atoms with Crippen molar-refractivity contribution in [3.8, 4) is 0 Å². The first-order chi connectivity index (χ1) is 4.88. The number of rotatable bonds is 0. The second-order valence-corrected chi connectivity index (χ2v) is 2.10. The summed E-state index contributed by atoms with van der Waals surface area (Å²) in [4.78, 5) is 11.9. The lowest BCUT2D eigenvalue weighted by Crippen LogP contribution is -2.24. The van der Waals surface area contributed by atoms with Gasteiger partial charge < -0.3 is 5.73 Å². The molecule has 2 heterocycles. The number of nitrogens with two attached hydrogens (primary N) is 1. The van der Waals surface area contributed by atoms with Crippen molar-refractivity contribution in [2.45, 2.75) is 6.04 Å². The predicted octanol–water partition coefficient (Wildman–Crippen LogP) is -0.278. The first-order valence-corrected chi connectivity index (χ1v) is 2.97. The van der Waals surface area contributed by atoms with E-state index in [9.17, 15) is 0 Å². The van der Waals surface area contributed by atoms with Crippen LogP contribution in [0.3, 0.4) is 0 Å². The monoisotopic (exact) mass is 134 g/mol. The van der Waals surface area contributed by atoms with Crippen molar-refractivity contribution in [3.63, 3.8) is 0 Å². The Hall–Kier alpha value is -1.45. The Morgan fingerprint density at radius 3 is 3.20 bits per heavy atom. The Labute approximate surface area is 57.9 Å². The lowest BCUT2D eigenvalue weighted by atomic mass is 10.2. The van der Waals surface area contributed by atoms with Gasteiger partial charge in [0.15, 0.2) is 11.9 Å². The van der Waals surface area contributed by atoms with Crippen molar-refractivity contribution in [1.29, 1.82) is 0 Å². The maximum Gasteiger partial charge on any atom is 0.160 e. The lowest BCUT2D eigenvalue weighted by molar-refractivity contribution is 0.986. The third-order valence-electron chi connectivity index (χ3n) is 1.44. The molecule has 0 fully saturated rings. The van der Waals surface area contributed by atoms with E-state index >= 15 is 0 Å². The summed E-state index contributed by atoms with van der Waals surface area (Å²) in [5.41, 5.74) is 6.31. The second-order valence-electron chi connectivity index (χ2n) is 2.10. The summed E-state index contributed by atoms with van der Waals surface area (Å²) < 4.78 is 0. The topological polar surface area (TPSA) is 63.1 Å². The molecule has 4 heteroatoms. The molecule has 2 N–H and O–H groups in total. The van der Waals surface area contributed by atoms with Crippen molar-refractivity contribution in [1.82, 2.24) is 0 Å². The average molecular weight is 134 g/mol. The highest BCUT2D eigenvalue weighted by Gasteiger charge is 2.21. The molecule has 0 radical (unpaired) electrons.